The van der Waals surface area contributed by atoms with E-state index in [1.165, 1.54) is 24.4 Å². The third-order valence-corrected chi connectivity index (χ3v) is 7.92. The van der Waals surface area contributed by atoms with Crippen molar-refractivity contribution < 1.29 is 17.4 Å². The Morgan fingerprint density at radius 3 is 2.18 bits per heavy atom. The monoisotopic (exact) mass is 603 g/mol. The molecule has 0 saturated heterocycles. The van der Waals surface area contributed by atoms with Crippen LogP contribution in [0.1, 0.15) is 11.1 Å². The van der Waals surface area contributed by atoms with Crippen molar-refractivity contribution in [3.05, 3.63) is 117 Å². The topological polar surface area (TPSA) is 107 Å². The fourth-order valence-corrected chi connectivity index (χ4v) is 5.67. The van der Waals surface area contributed by atoms with Crippen LogP contribution in [-0.2, 0) is 21.5 Å². The zero-order valence-electron chi connectivity index (χ0n) is 20.7. The first-order valence-corrected chi connectivity index (χ1v) is 14.1. The van der Waals surface area contributed by atoms with Gasteiger partial charge in [-0.2, -0.15) is 13.5 Å². The molecule has 0 spiro atoms. The number of aromatic nitrogens is 1. The van der Waals surface area contributed by atoms with Crippen molar-refractivity contribution in [2.24, 2.45) is 5.10 Å². The van der Waals surface area contributed by atoms with Crippen molar-refractivity contribution in [3.63, 3.8) is 0 Å². The highest BCUT2D eigenvalue weighted by Crippen LogP contribution is 2.28. The number of aryl methyl sites for hydroxylation is 1. The number of para-hydroxylation sites is 2. The number of benzene rings is 4. The number of hydrazone groups is 1. The Morgan fingerprint density at radius 2 is 1.56 bits per heavy atom. The summed E-state index contributed by atoms with van der Waals surface area (Å²) in [6, 6.07) is 25.4. The number of pyridine rings is 1. The molecule has 39 heavy (non-hydrogen) atoms. The minimum Gasteiger partial charge on any atom is -0.378 e. The number of carbonyl (C=O) groups excluding carboxylic acids is 1. The van der Waals surface area contributed by atoms with E-state index in [4.69, 9.17) is 4.18 Å². The Labute approximate surface area is 232 Å². The van der Waals surface area contributed by atoms with Gasteiger partial charge in [0.05, 0.1) is 21.7 Å². The first-order chi connectivity index (χ1) is 18.7. The summed E-state index contributed by atoms with van der Waals surface area (Å²) < 4.78 is 32.7. The second-order valence-electron chi connectivity index (χ2n) is 8.78. The summed E-state index contributed by atoms with van der Waals surface area (Å²) in [5.41, 5.74) is 5.27. The van der Waals surface area contributed by atoms with Crippen LogP contribution in [0.3, 0.4) is 0 Å². The first kappa shape index (κ1) is 26.3. The van der Waals surface area contributed by atoms with Crippen LogP contribution in [0.15, 0.2) is 110 Å². The summed E-state index contributed by atoms with van der Waals surface area (Å²) >= 11 is 3.33. The predicted molar refractivity (Wildman–Crippen MR) is 155 cm³/mol. The third-order valence-electron chi connectivity index (χ3n) is 6.05. The second kappa shape index (κ2) is 10.8. The molecule has 196 valence electrons. The zero-order chi connectivity index (χ0) is 27.6. The number of nitrogens with one attached hydrogen (secondary N) is 1. The predicted octanol–water partition coefficient (Wildman–Crippen LogP) is 5.14. The summed E-state index contributed by atoms with van der Waals surface area (Å²) in [5.74, 6) is -0.262. The van der Waals surface area contributed by atoms with Gasteiger partial charge >= 0.3 is 10.1 Å². The standard InChI is InChI=1S/C29H22BrN3O5S/c1-19-10-13-21(14-11-19)39(36,37)38-27-15-12-20(16-24(27)30)17-31-32-28(34)18-33-25-8-4-2-6-22(25)29(35)23-7-3-5-9-26(23)33/h2-17H,18H2,1H3,(H,32,34)/b31-17-. The van der Waals surface area contributed by atoms with E-state index >= 15 is 0 Å². The molecular formula is C29H22BrN3O5S. The SMILES string of the molecule is Cc1ccc(S(=O)(=O)Oc2ccc(/C=N\NC(=O)Cn3c4ccccc4c(=O)c4ccccc43)cc2Br)cc1. The number of fused-ring (bicyclic) bond motifs is 2. The van der Waals surface area contributed by atoms with Crippen LogP contribution in [0.4, 0.5) is 0 Å². The molecule has 0 aliphatic heterocycles. The average molecular weight is 604 g/mol. The molecule has 0 saturated carbocycles. The number of halogens is 1. The lowest BCUT2D eigenvalue weighted by Crippen LogP contribution is -2.25. The lowest BCUT2D eigenvalue weighted by molar-refractivity contribution is -0.121. The maximum absolute atomic E-state index is 12.9. The molecule has 10 heteroatoms. The average Bonchev–Trinajstić information content (AvgIpc) is 2.93. The van der Waals surface area contributed by atoms with Crippen molar-refractivity contribution >= 4 is 60.0 Å². The molecule has 0 radical (unpaired) electrons. The molecule has 1 heterocycles. The maximum atomic E-state index is 12.9. The van der Waals surface area contributed by atoms with E-state index in [2.05, 4.69) is 26.5 Å². The number of amides is 1. The normalized spacial score (nSPS) is 11.7. The second-order valence-corrected chi connectivity index (χ2v) is 11.2. The Morgan fingerprint density at radius 1 is 0.949 bits per heavy atom. The van der Waals surface area contributed by atoms with Crippen LogP contribution in [0.25, 0.3) is 21.8 Å². The summed E-state index contributed by atoms with van der Waals surface area (Å²) in [6.07, 6.45) is 1.43. The van der Waals surface area contributed by atoms with Crippen LogP contribution in [0.5, 0.6) is 5.75 Å². The highest BCUT2D eigenvalue weighted by molar-refractivity contribution is 9.10. The van der Waals surface area contributed by atoms with E-state index in [1.807, 2.05) is 19.1 Å². The molecule has 0 atom stereocenters. The Balaban J connectivity index is 1.30. The van der Waals surface area contributed by atoms with E-state index in [9.17, 15) is 18.0 Å². The molecule has 4 aromatic carbocycles. The Hall–Kier alpha value is -4.28. The molecule has 5 rings (SSSR count). The van der Waals surface area contributed by atoms with Gasteiger partial charge in [-0.3, -0.25) is 9.59 Å². The quantitative estimate of drug-likeness (QED) is 0.120. The van der Waals surface area contributed by atoms with Gasteiger partial charge in [-0.05, 0) is 83.0 Å². The number of rotatable bonds is 7. The van der Waals surface area contributed by atoms with Crippen molar-refractivity contribution in [2.75, 3.05) is 0 Å². The molecule has 0 aliphatic carbocycles. The van der Waals surface area contributed by atoms with Gasteiger partial charge in [0.25, 0.3) is 5.91 Å². The van der Waals surface area contributed by atoms with Gasteiger partial charge in [0.2, 0.25) is 0 Å². The third kappa shape index (κ3) is 5.62. The molecule has 5 aromatic rings. The van der Waals surface area contributed by atoms with E-state index in [-0.39, 0.29) is 28.5 Å². The van der Waals surface area contributed by atoms with Crippen LogP contribution < -0.4 is 15.0 Å². The summed E-state index contributed by atoms with van der Waals surface area (Å²) in [6.45, 7) is 1.82. The van der Waals surface area contributed by atoms with E-state index in [0.717, 1.165) is 5.56 Å². The molecule has 1 amide bonds. The maximum Gasteiger partial charge on any atom is 0.339 e. The van der Waals surface area contributed by atoms with Gasteiger partial charge in [0.15, 0.2) is 11.2 Å². The molecular weight excluding hydrogens is 582 g/mol. The molecule has 0 bridgehead atoms. The van der Waals surface area contributed by atoms with Gasteiger partial charge in [0.1, 0.15) is 11.4 Å². The highest BCUT2D eigenvalue weighted by Gasteiger charge is 2.18. The van der Waals surface area contributed by atoms with Gasteiger partial charge in [-0.1, -0.05) is 42.0 Å². The number of carbonyl (C=O) groups is 1. The highest BCUT2D eigenvalue weighted by atomic mass is 79.9. The van der Waals surface area contributed by atoms with Gasteiger partial charge in [-0.25, -0.2) is 5.43 Å². The van der Waals surface area contributed by atoms with Crippen molar-refractivity contribution in [1.82, 2.24) is 9.99 Å². The first-order valence-electron chi connectivity index (χ1n) is 11.9. The lowest BCUT2D eigenvalue weighted by atomic mass is 10.1. The molecule has 1 aromatic heterocycles. The van der Waals surface area contributed by atoms with E-state index < -0.39 is 10.1 Å². The summed E-state index contributed by atoms with van der Waals surface area (Å²) in [5, 5.41) is 5.10. The summed E-state index contributed by atoms with van der Waals surface area (Å²) in [4.78, 5) is 25.7. The largest absolute Gasteiger partial charge is 0.378 e. The minimum atomic E-state index is -4.00. The Bertz CT molecular complexity index is 1860. The molecule has 0 fully saturated rings. The van der Waals surface area contributed by atoms with Gasteiger partial charge in [-0.15, -0.1) is 0 Å². The fraction of sp³-hybridized carbons (Fsp3) is 0.0690. The smallest absolute Gasteiger partial charge is 0.339 e. The van der Waals surface area contributed by atoms with Crippen molar-refractivity contribution in [2.45, 2.75) is 18.4 Å². The molecule has 1 N–H and O–H groups in total. The zero-order valence-corrected chi connectivity index (χ0v) is 23.1. The number of nitrogens with zero attached hydrogens (tertiary/aromatic N) is 2. The molecule has 0 unspecified atom stereocenters. The van der Waals surface area contributed by atoms with E-state index in [1.54, 1.807) is 65.2 Å². The summed E-state index contributed by atoms with van der Waals surface area (Å²) in [7, 11) is -4.00. The fourth-order valence-electron chi connectivity index (χ4n) is 4.14. The van der Waals surface area contributed by atoms with E-state index in [0.29, 0.717) is 31.8 Å². The van der Waals surface area contributed by atoms with Gasteiger partial charge < -0.3 is 8.75 Å². The van der Waals surface area contributed by atoms with Crippen LogP contribution in [0.2, 0.25) is 0 Å². The van der Waals surface area contributed by atoms with Gasteiger partial charge in [0, 0.05) is 10.8 Å². The molecule has 8 nitrogen and oxygen atoms in total. The number of hydrogen-bond acceptors (Lipinski definition) is 6. The number of hydrogen-bond donors (Lipinski definition) is 1. The van der Waals surface area contributed by atoms with Crippen molar-refractivity contribution in [3.8, 4) is 5.75 Å². The Kier molecular flexibility index (Phi) is 7.32. The van der Waals surface area contributed by atoms with Crippen LogP contribution >= 0.6 is 15.9 Å². The minimum absolute atomic E-state index is 0.0496. The van der Waals surface area contributed by atoms with Crippen LogP contribution in [0, 0.1) is 6.92 Å². The lowest BCUT2D eigenvalue weighted by Gasteiger charge is -2.14. The van der Waals surface area contributed by atoms with Crippen molar-refractivity contribution in [1.29, 1.82) is 0 Å². The molecule has 0 aliphatic rings. The van der Waals surface area contributed by atoms with Crippen LogP contribution in [-0.4, -0.2) is 25.1 Å².